The van der Waals surface area contributed by atoms with E-state index < -0.39 is 0 Å². The Kier molecular flexibility index (Phi) is 4.11. The Morgan fingerprint density at radius 2 is 2.09 bits per heavy atom. The van der Waals surface area contributed by atoms with Crippen molar-refractivity contribution in [3.63, 3.8) is 0 Å². The van der Waals surface area contributed by atoms with Gasteiger partial charge in [-0.25, -0.2) is 9.97 Å². The molecule has 6 heteroatoms. The van der Waals surface area contributed by atoms with Crippen molar-refractivity contribution in [3.05, 3.63) is 47.2 Å². The van der Waals surface area contributed by atoms with Gasteiger partial charge in [-0.05, 0) is 31.2 Å². The van der Waals surface area contributed by atoms with Crippen LogP contribution in [0.3, 0.4) is 0 Å². The molecule has 1 heterocycles. The summed E-state index contributed by atoms with van der Waals surface area (Å²) in [5, 5.41) is 4.14. The number of halogens is 1. The van der Waals surface area contributed by atoms with Crippen LogP contribution >= 0.6 is 15.9 Å². The van der Waals surface area contributed by atoms with Gasteiger partial charge in [0.1, 0.15) is 17.9 Å². The molecule has 3 aromatic rings. The van der Waals surface area contributed by atoms with E-state index in [-0.39, 0.29) is 0 Å². The first-order valence-corrected chi connectivity index (χ1v) is 7.66. The quantitative estimate of drug-likeness (QED) is 0.686. The summed E-state index contributed by atoms with van der Waals surface area (Å²) >= 11 is 3.45. The largest absolute Gasteiger partial charge is 0.492 e. The molecular formula is C16H15BrN4O. The van der Waals surface area contributed by atoms with Gasteiger partial charge in [-0.1, -0.05) is 22.0 Å². The number of hydrogen-bond acceptors (Lipinski definition) is 5. The molecule has 3 rings (SSSR count). The SMILES string of the molecule is CCOc1cc2ncnc(Nc3cccc(Br)c3)c2cc1N. The van der Waals surface area contributed by atoms with Crippen LogP contribution in [0.4, 0.5) is 17.2 Å². The highest BCUT2D eigenvalue weighted by molar-refractivity contribution is 9.10. The average Bonchev–Trinajstić information content (AvgIpc) is 2.49. The Hall–Kier alpha value is -2.34. The maximum Gasteiger partial charge on any atom is 0.144 e. The predicted molar refractivity (Wildman–Crippen MR) is 92.5 cm³/mol. The van der Waals surface area contributed by atoms with Crippen LogP contribution in [0.1, 0.15) is 6.92 Å². The van der Waals surface area contributed by atoms with Crippen molar-refractivity contribution in [3.8, 4) is 5.75 Å². The fraction of sp³-hybridized carbons (Fsp3) is 0.125. The van der Waals surface area contributed by atoms with Gasteiger partial charge in [0.2, 0.25) is 0 Å². The molecule has 0 aliphatic carbocycles. The van der Waals surface area contributed by atoms with Crippen molar-refractivity contribution in [2.24, 2.45) is 0 Å². The summed E-state index contributed by atoms with van der Waals surface area (Å²) in [5.41, 5.74) is 8.33. The van der Waals surface area contributed by atoms with Gasteiger partial charge >= 0.3 is 0 Å². The van der Waals surface area contributed by atoms with E-state index in [9.17, 15) is 0 Å². The first-order chi connectivity index (χ1) is 10.7. The van der Waals surface area contributed by atoms with E-state index in [4.69, 9.17) is 10.5 Å². The van der Waals surface area contributed by atoms with Crippen molar-refractivity contribution in [1.82, 2.24) is 9.97 Å². The Bertz CT molecular complexity index is 822. The maximum absolute atomic E-state index is 6.04. The van der Waals surface area contributed by atoms with Crippen LogP contribution in [0.25, 0.3) is 10.9 Å². The van der Waals surface area contributed by atoms with Crippen molar-refractivity contribution in [1.29, 1.82) is 0 Å². The summed E-state index contributed by atoms with van der Waals surface area (Å²) in [6.45, 7) is 2.48. The summed E-state index contributed by atoms with van der Waals surface area (Å²) in [5.74, 6) is 1.35. The minimum Gasteiger partial charge on any atom is -0.492 e. The molecule has 0 amide bonds. The highest BCUT2D eigenvalue weighted by Crippen LogP contribution is 2.31. The summed E-state index contributed by atoms with van der Waals surface area (Å²) in [6.07, 6.45) is 1.52. The molecule has 0 bridgehead atoms. The van der Waals surface area contributed by atoms with Crippen molar-refractivity contribution in [2.75, 3.05) is 17.7 Å². The molecule has 0 radical (unpaired) electrons. The third-order valence-electron chi connectivity index (χ3n) is 3.15. The molecule has 0 unspecified atom stereocenters. The molecule has 0 aliphatic heterocycles. The maximum atomic E-state index is 6.04. The van der Waals surface area contributed by atoms with Gasteiger partial charge in [0.25, 0.3) is 0 Å². The predicted octanol–water partition coefficient (Wildman–Crippen LogP) is 4.12. The lowest BCUT2D eigenvalue weighted by Gasteiger charge is -2.11. The second kappa shape index (κ2) is 6.19. The number of anilines is 3. The second-order valence-electron chi connectivity index (χ2n) is 4.70. The Labute approximate surface area is 136 Å². The molecule has 0 spiro atoms. The third-order valence-corrected chi connectivity index (χ3v) is 3.65. The molecule has 0 aliphatic rings. The fourth-order valence-electron chi connectivity index (χ4n) is 2.18. The van der Waals surface area contributed by atoms with E-state index in [1.54, 1.807) is 0 Å². The summed E-state index contributed by atoms with van der Waals surface area (Å²) in [6, 6.07) is 11.5. The van der Waals surface area contributed by atoms with Crippen molar-refractivity contribution in [2.45, 2.75) is 6.92 Å². The normalized spacial score (nSPS) is 10.6. The van der Waals surface area contributed by atoms with Gasteiger partial charge in [-0.15, -0.1) is 0 Å². The first kappa shape index (κ1) is 14.6. The van der Waals surface area contributed by atoms with Crippen LogP contribution in [0.5, 0.6) is 5.75 Å². The van der Waals surface area contributed by atoms with E-state index in [0.717, 1.165) is 21.1 Å². The summed E-state index contributed by atoms with van der Waals surface area (Å²) in [4.78, 5) is 8.60. The highest BCUT2D eigenvalue weighted by Gasteiger charge is 2.09. The van der Waals surface area contributed by atoms with E-state index in [0.29, 0.717) is 23.9 Å². The molecule has 5 nitrogen and oxygen atoms in total. The van der Waals surface area contributed by atoms with Gasteiger partial charge < -0.3 is 15.8 Å². The number of benzene rings is 2. The molecular weight excluding hydrogens is 344 g/mol. The molecule has 3 N–H and O–H groups in total. The van der Waals surface area contributed by atoms with Gasteiger partial charge in [0.05, 0.1) is 17.8 Å². The van der Waals surface area contributed by atoms with Gasteiger partial charge in [-0.3, -0.25) is 0 Å². The third kappa shape index (κ3) is 2.96. The van der Waals surface area contributed by atoms with Gasteiger partial charge in [0, 0.05) is 21.6 Å². The standard InChI is InChI=1S/C16H15BrN4O/c1-2-22-15-8-14-12(7-13(15)18)16(20-9-19-14)21-11-5-3-4-10(17)6-11/h3-9H,2,18H2,1H3,(H,19,20,21). The Morgan fingerprint density at radius 1 is 1.23 bits per heavy atom. The molecule has 0 saturated heterocycles. The summed E-state index contributed by atoms with van der Waals surface area (Å²) < 4.78 is 6.50. The van der Waals surface area contributed by atoms with E-state index >= 15 is 0 Å². The molecule has 0 fully saturated rings. The van der Waals surface area contributed by atoms with Gasteiger partial charge in [0.15, 0.2) is 0 Å². The fourth-order valence-corrected chi connectivity index (χ4v) is 2.58. The minimum atomic E-state index is 0.559. The number of aromatic nitrogens is 2. The molecule has 22 heavy (non-hydrogen) atoms. The van der Waals surface area contributed by atoms with E-state index in [1.165, 1.54) is 6.33 Å². The average molecular weight is 359 g/mol. The molecule has 0 atom stereocenters. The number of hydrogen-bond donors (Lipinski definition) is 2. The van der Waals surface area contributed by atoms with Crippen LogP contribution in [-0.4, -0.2) is 16.6 Å². The Balaban J connectivity index is 2.04. The number of ether oxygens (including phenoxy) is 1. The van der Waals surface area contributed by atoms with E-state index in [1.807, 2.05) is 43.3 Å². The van der Waals surface area contributed by atoms with Crippen molar-refractivity contribution >= 4 is 44.0 Å². The minimum absolute atomic E-state index is 0.559. The van der Waals surface area contributed by atoms with Crippen LogP contribution in [0.15, 0.2) is 47.2 Å². The lowest BCUT2D eigenvalue weighted by atomic mass is 10.2. The molecule has 1 aromatic heterocycles. The number of nitrogens with two attached hydrogens (primary N) is 1. The van der Waals surface area contributed by atoms with E-state index in [2.05, 4.69) is 31.2 Å². The summed E-state index contributed by atoms with van der Waals surface area (Å²) in [7, 11) is 0. The van der Waals surface area contributed by atoms with Crippen molar-refractivity contribution < 1.29 is 4.74 Å². The lowest BCUT2D eigenvalue weighted by molar-refractivity contribution is 0.342. The number of nitrogen functional groups attached to an aromatic ring is 1. The lowest BCUT2D eigenvalue weighted by Crippen LogP contribution is -2.00. The van der Waals surface area contributed by atoms with Gasteiger partial charge in [-0.2, -0.15) is 0 Å². The Morgan fingerprint density at radius 3 is 2.86 bits per heavy atom. The zero-order valence-corrected chi connectivity index (χ0v) is 13.6. The second-order valence-corrected chi connectivity index (χ2v) is 5.61. The highest BCUT2D eigenvalue weighted by atomic mass is 79.9. The number of nitrogens with zero attached hydrogens (tertiary/aromatic N) is 2. The topological polar surface area (TPSA) is 73.1 Å². The number of rotatable bonds is 4. The zero-order valence-electron chi connectivity index (χ0n) is 12.0. The number of nitrogens with one attached hydrogen (secondary N) is 1. The smallest absolute Gasteiger partial charge is 0.144 e. The van der Waals surface area contributed by atoms with Crippen LogP contribution in [0, 0.1) is 0 Å². The van der Waals surface area contributed by atoms with Crippen LogP contribution in [0.2, 0.25) is 0 Å². The molecule has 112 valence electrons. The van der Waals surface area contributed by atoms with Crippen LogP contribution in [-0.2, 0) is 0 Å². The first-order valence-electron chi connectivity index (χ1n) is 6.87. The molecule has 2 aromatic carbocycles. The van der Waals surface area contributed by atoms with Crippen LogP contribution < -0.4 is 15.8 Å². The monoisotopic (exact) mass is 358 g/mol. The zero-order chi connectivity index (χ0) is 15.5. The number of fused-ring (bicyclic) bond motifs is 1. The molecule has 0 saturated carbocycles.